The summed E-state index contributed by atoms with van der Waals surface area (Å²) in [7, 11) is 1.73. The molecule has 1 aliphatic rings. The molecule has 1 aliphatic heterocycles. The Labute approximate surface area is 125 Å². The second-order valence-electron chi connectivity index (χ2n) is 5.41. The summed E-state index contributed by atoms with van der Waals surface area (Å²) < 4.78 is 5.57. The zero-order valence-electron chi connectivity index (χ0n) is 12.8. The first-order valence-corrected chi connectivity index (χ1v) is 7.33. The van der Waals surface area contributed by atoms with Gasteiger partial charge in [-0.2, -0.15) is 0 Å². The SMILES string of the molecule is CCC(C)NC(=O)Cc1ccc2c(c1)N(C)C(=O)CCO2. The first-order valence-electron chi connectivity index (χ1n) is 7.33. The highest BCUT2D eigenvalue weighted by Crippen LogP contribution is 2.31. The molecule has 0 saturated carbocycles. The van der Waals surface area contributed by atoms with Gasteiger partial charge in [-0.3, -0.25) is 9.59 Å². The highest BCUT2D eigenvalue weighted by Gasteiger charge is 2.20. The average Bonchev–Trinajstić information content (AvgIpc) is 2.59. The molecule has 0 fully saturated rings. The number of anilines is 1. The monoisotopic (exact) mass is 290 g/mol. The molecule has 1 aromatic rings. The predicted octanol–water partition coefficient (Wildman–Crippen LogP) is 1.89. The Morgan fingerprint density at radius 1 is 1.48 bits per heavy atom. The Morgan fingerprint density at radius 2 is 2.24 bits per heavy atom. The molecule has 0 saturated heterocycles. The third-order valence-electron chi connectivity index (χ3n) is 3.72. The predicted molar refractivity (Wildman–Crippen MR) is 81.6 cm³/mol. The highest BCUT2D eigenvalue weighted by atomic mass is 16.5. The van der Waals surface area contributed by atoms with Crippen LogP contribution in [0.2, 0.25) is 0 Å². The van der Waals surface area contributed by atoms with Crippen molar-refractivity contribution in [3.63, 3.8) is 0 Å². The summed E-state index contributed by atoms with van der Waals surface area (Å²) in [6, 6.07) is 5.73. The van der Waals surface area contributed by atoms with E-state index >= 15 is 0 Å². The third-order valence-corrected chi connectivity index (χ3v) is 3.72. The number of benzene rings is 1. The van der Waals surface area contributed by atoms with E-state index in [1.54, 1.807) is 11.9 Å². The molecule has 1 N–H and O–H groups in total. The van der Waals surface area contributed by atoms with Crippen molar-refractivity contribution in [3.05, 3.63) is 23.8 Å². The number of hydrogen-bond donors (Lipinski definition) is 1. The lowest BCUT2D eigenvalue weighted by Gasteiger charge is -2.17. The Kier molecular flexibility index (Phi) is 4.83. The number of hydrogen-bond acceptors (Lipinski definition) is 3. The minimum Gasteiger partial charge on any atom is -0.491 e. The molecular weight excluding hydrogens is 268 g/mol. The molecule has 21 heavy (non-hydrogen) atoms. The minimum atomic E-state index is -0.00665. The summed E-state index contributed by atoms with van der Waals surface area (Å²) in [6.45, 7) is 4.41. The Hall–Kier alpha value is -2.04. The molecule has 5 heteroatoms. The van der Waals surface area contributed by atoms with E-state index < -0.39 is 0 Å². The number of nitrogens with zero attached hydrogens (tertiary/aromatic N) is 1. The van der Waals surface area contributed by atoms with Gasteiger partial charge in [0.05, 0.1) is 25.1 Å². The van der Waals surface area contributed by atoms with Gasteiger partial charge in [0.15, 0.2) is 0 Å². The van der Waals surface area contributed by atoms with E-state index in [9.17, 15) is 9.59 Å². The molecule has 1 aromatic carbocycles. The minimum absolute atomic E-state index is 0.00665. The Balaban J connectivity index is 2.14. The maximum Gasteiger partial charge on any atom is 0.230 e. The van der Waals surface area contributed by atoms with Crippen LogP contribution in [-0.2, 0) is 16.0 Å². The zero-order chi connectivity index (χ0) is 15.4. The van der Waals surface area contributed by atoms with E-state index in [2.05, 4.69) is 5.32 Å². The fraction of sp³-hybridized carbons (Fsp3) is 0.500. The number of fused-ring (bicyclic) bond motifs is 1. The fourth-order valence-corrected chi connectivity index (χ4v) is 2.22. The maximum atomic E-state index is 11.9. The lowest BCUT2D eigenvalue weighted by atomic mass is 10.1. The van der Waals surface area contributed by atoms with Gasteiger partial charge in [-0.1, -0.05) is 13.0 Å². The summed E-state index contributed by atoms with van der Waals surface area (Å²) in [5.74, 6) is 0.706. The molecule has 0 bridgehead atoms. The summed E-state index contributed by atoms with van der Waals surface area (Å²) >= 11 is 0. The lowest BCUT2D eigenvalue weighted by molar-refractivity contribution is -0.121. The van der Waals surface area contributed by atoms with Crippen molar-refractivity contribution in [2.24, 2.45) is 0 Å². The quantitative estimate of drug-likeness (QED) is 0.921. The van der Waals surface area contributed by atoms with Crippen molar-refractivity contribution in [1.82, 2.24) is 5.32 Å². The van der Waals surface area contributed by atoms with Crippen LogP contribution in [0.1, 0.15) is 32.3 Å². The van der Waals surface area contributed by atoms with Crippen LogP contribution in [0.3, 0.4) is 0 Å². The van der Waals surface area contributed by atoms with E-state index in [4.69, 9.17) is 4.74 Å². The first kappa shape index (κ1) is 15.4. The molecule has 0 spiro atoms. The van der Waals surface area contributed by atoms with Crippen LogP contribution in [0.4, 0.5) is 5.69 Å². The van der Waals surface area contributed by atoms with E-state index in [0.717, 1.165) is 17.7 Å². The normalized spacial score (nSPS) is 15.8. The van der Waals surface area contributed by atoms with Crippen LogP contribution in [-0.4, -0.2) is 31.5 Å². The topological polar surface area (TPSA) is 58.6 Å². The number of carbonyl (C=O) groups excluding carboxylic acids is 2. The number of ether oxygens (including phenoxy) is 1. The molecule has 0 radical (unpaired) electrons. The van der Waals surface area contributed by atoms with Gasteiger partial charge in [-0.05, 0) is 31.0 Å². The summed E-state index contributed by atoms with van der Waals surface area (Å²) in [5, 5.41) is 2.94. The molecular formula is C16H22N2O3. The van der Waals surface area contributed by atoms with Gasteiger partial charge < -0.3 is 15.0 Å². The number of nitrogens with one attached hydrogen (secondary N) is 1. The van der Waals surface area contributed by atoms with Crippen molar-refractivity contribution in [2.75, 3.05) is 18.6 Å². The van der Waals surface area contributed by atoms with Crippen LogP contribution in [0.5, 0.6) is 5.75 Å². The van der Waals surface area contributed by atoms with E-state index in [-0.39, 0.29) is 17.9 Å². The molecule has 5 nitrogen and oxygen atoms in total. The molecule has 0 aromatic heterocycles. The second kappa shape index (κ2) is 6.61. The summed E-state index contributed by atoms with van der Waals surface area (Å²) in [5.41, 5.74) is 1.60. The van der Waals surface area contributed by atoms with E-state index in [0.29, 0.717) is 25.2 Å². The first-order chi connectivity index (χ1) is 10.0. The van der Waals surface area contributed by atoms with Gasteiger partial charge >= 0.3 is 0 Å². The molecule has 114 valence electrons. The fourth-order valence-electron chi connectivity index (χ4n) is 2.22. The standard InChI is InChI=1S/C16H22N2O3/c1-4-11(2)17-15(19)10-12-5-6-14-13(9-12)18(3)16(20)7-8-21-14/h5-6,9,11H,4,7-8,10H2,1-3H3,(H,17,19). The second-order valence-corrected chi connectivity index (χ2v) is 5.41. The van der Waals surface area contributed by atoms with Gasteiger partial charge in [0.1, 0.15) is 5.75 Å². The third kappa shape index (κ3) is 3.74. The van der Waals surface area contributed by atoms with E-state index in [1.165, 1.54) is 0 Å². The molecule has 2 amide bonds. The van der Waals surface area contributed by atoms with Crippen molar-refractivity contribution in [2.45, 2.75) is 39.2 Å². The number of carbonyl (C=O) groups is 2. The smallest absolute Gasteiger partial charge is 0.230 e. The Morgan fingerprint density at radius 3 is 2.95 bits per heavy atom. The van der Waals surface area contributed by atoms with Crippen LogP contribution >= 0.6 is 0 Å². The number of amides is 2. The molecule has 1 unspecified atom stereocenters. The van der Waals surface area contributed by atoms with Crippen LogP contribution in [0.15, 0.2) is 18.2 Å². The number of rotatable bonds is 4. The van der Waals surface area contributed by atoms with Crippen LogP contribution in [0, 0.1) is 0 Å². The van der Waals surface area contributed by atoms with Gasteiger partial charge in [0.2, 0.25) is 11.8 Å². The lowest BCUT2D eigenvalue weighted by Crippen LogP contribution is -2.33. The van der Waals surface area contributed by atoms with E-state index in [1.807, 2.05) is 32.0 Å². The highest BCUT2D eigenvalue weighted by molar-refractivity contribution is 5.95. The molecule has 1 atom stereocenters. The van der Waals surface area contributed by atoms with Gasteiger partial charge in [-0.25, -0.2) is 0 Å². The van der Waals surface area contributed by atoms with Crippen LogP contribution in [0.25, 0.3) is 0 Å². The van der Waals surface area contributed by atoms with Gasteiger partial charge in [0, 0.05) is 13.1 Å². The largest absolute Gasteiger partial charge is 0.491 e. The average molecular weight is 290 g/mol. The maximum absolute atomic E-state index is 11.9. The summed E-state index contributed by atoms with van der Waals surface area (Å²) in [4.78, 5) is 25.4. The van der Waals surface area contributed by atoms with Crippen LogP contribution < -0.4 is 15.0 Å². The molecule has 2 rings (SSSR count). The van der Waals surface area contributed by atoms with Crippen molar-refractivity contribution in [3.8, 4) is 5.75 Å². The van der Waals surface area contributed by atoms with Crippen molar-refractivity contribution < 1.29 is 14.3 Å². The van der Waals surface area contributed by atoms with Gasteiger partial charge in [0.25, 0.3) is 0 Å². The van der Waals surface area contributed by atoms with Gasteiger partial charge in [-0.15, -0.1) is 0 Å². The van der Waals surface area contributed by atoms with Crippen molar-refractivity contribution in [1.29, 1.82) is 0 Å². The summed E-state index contributed by atoms with van der Waals surface area (Å²) in [6.07, 6.45) is 1.58. The zero-order valence-corrected chi connectivity index (χ0v) is 12.8. The molecule has 1 heterocycles. The van der Waals surface area contributed by atoms with Crippen molar-refractivity contribution >= 4 is 17.5 Å². The molecule has 0 aliphatic carbocycles. The Bertz CT molecular complexity index is 542.